The molecule has 3 heterocycles. The average Bonchev–Trinajstić information content (AvgIpc) is 3.16. The Morgan fingerprint density at radius 1 is 1.29 bits per heavy atom. The summed E-state index contributed by atoms with van der Waals surface area (Å²) in [5, 5.41) is 14.1. The van der Waals surface area contributed by atoms with Crippen molar-refractivity contribution in [3.63, 3.8) is 0 Å². The van der Waals surface area contributed by atoms with Gasteiger partial charge in [-0.05, 0) is 25.1 Å². The van der Waals surface area contributed by atoms with E-state index in [0.717, 1.165) is 6.07 Å². The Morgan fingerprint density at radius 2 is 2.06 bits per heavy atom. The molecule has 2 unspecified atom stereocenters. The van der Waals surface area contributed by atoms with Gasteiger partial charge in [0, 0.05) is 17.8 Å². The van der Waals surface area contributed by atoms with Gasteiger partial charge in [0.05, 0.1) is 24.4 Å². The number of amides is 1. The van der Waals surface area contributed by atoms with Gasteiger partial charge in [-0.3, -0.25) is 15.4 Å². The second-order valence-corrected chi connectivity index (χ2v) is 6.91. The summed E-state index contributed by atoms with van der Waals surface area (Å²) in [6.07, 6.45) is 1.31. The zero-order valence-corrected chi connectivity index (χ0v) is 16.6. The molecule has 1 aromatic carbocycles. The van der Waals surface area contributed by atoms with Crippen molar-refractivity contribution >= 4 is 17.6 Å². The number of halogens is 3. The van der Waals surface area contributed by atoms with Crippen molar-refractivity contribution in [1.82, 2.24) is 21.0 Å². The van der Waals surface area contributed by atoms with Gasteiger partial charge in [-0.2, -0.15) is 18.3 Å². The zero-order valence-electron chi connectivity index (χ0n) is 16.6. The van der Waals surface area contributed by atoms with Gasteiger partial charge in [-0.1, -0.05) is 18.2 Å². The standard InChI is InChI=1S/C20H19F3N6O2/c1-11-9-17(31-2)26-19(25-11)27-18(30)15-10-24-16-8-7-14(28-29(15)16)12-5-3-4-6-13(12)20(21,22)23/h3-11,16,24H,1-2H3,(H2,25,26,27,30). The minimum absolute atomic E-state index is 0.0709. The fraction of sp³-hybridized carbons (Fsp3) is 0.250. The van der Waals surface area contributed by atoms with E-state index in [-0.39, 0.29) is 29.0 Å². The van der Waals surface area contributed by atoms with Crippen LogP contribution in [0, 0.1) is 0 Å². The number of nitrogens with zero attached hydrogens (tertiary/aromatic N) is 3. The number of fused-ring (bicyclic) bond motifs is 1. The summed E-state index contributed by atoms with van der Waals surface area (Å²) in [4.78, 5) is 17.1. The summed E-state index contributed by atoms with van der Waals surface area (Å²) in [5.41, 5.74) is -0.647. The Labute approximate surface area is 175 Å². The maximum absolute atomic E-state index is 13.4. The molecule has 162 valence electrons. The van der Waals surface area contributed by atoms with Crippen LogP contribution in [0.2, 0.25) is 0 Å². The van der Waals surface area contributed by atoms with E-state index in [4.69, 9.17) is 4.74 Å². The van der Waals surface area contributed by atoms with Gasteiger partial charge < -0.3 is 10.1 Å². The van der Waals surface area contributed by atoms with Crippen LogP contribution in [0.4, 0.5) is 13.2 Å². The van der Waals surface area contributed by atoms with Gasteiger partial charge in [0.2, 0.25) is 5.96 Å². The summed E-state index contributed by atoms with van der Waals surface area (Å²) in [7, 11) is 1.49. The quantitative estimate of drug-likeness (QED) is 0.680. The number of carbonyl (C=O) groups is 1. The number of hydrogen-bond donors (Lipinski definition) is 3. The monoisotopic (exact) mass is 432 g/mol. The third kappa shape index (κ3) is 4.11. The molecule has 0 bridgehead atoms. The molecular weight excluding hydrogens is 413 g/mol. The Morgan fingerprint density at radius 3 is 2.81 bits per heavy atom. The van der Waals surface area contributed by atoms with Gasteiger partial charge in [0.1, 0.15) is 11.9 Å². The summed E-state index contributed by atoms with van der Waals surface area (Å²) in [6, 6.07) is 4.96. The highest BCUT2D eigenvalue weighted by molar-refractivity contribution is 6.11. The average molecular weight is 432 g/mol. The molecule has 0 spiro atoms. The van der Waals surface area contributed by atoms with Gasteiger partial charge in [0.15, 0.2) is 5.88 Å². The predicted octanol–water partition coefficient (Wildman–Crippen LogP) is 2.00. The minimum Gasteiger partial charge on any atom is -0.482 e. The Balaban J connectivity index is 1.57. The van der Waals surface area contributed by atoms with Crippen LogP contribution in [0.25, 0.3) is 0 Å². The number of hydrazone groups is 1. The molecule has 1 amide bonds. The molecular formula is C20H19F3N6O2. The van der Waals surface area contributed by atoms with Crippen molar-refractivity contribution in [1.29, 1.82) is 0 Å². The minimum atomic E-state index is -4.53. The SMILES string of the molecule is COC1=CC(C)N=C(NC(=O)C2=CNC3C=CC(c4ccccc4C(F)(F)F)=NN23)N1. The number of methoxy groups -OCH3 is 1. The van der Waals surface area contributed by atoms with Crippen LogP contribution < -0.4 is 16.0 Å². The van der Waals surface area contributed by atoms with Crippen LogP contribution >= 0.6 is 0 Å². The molecule has 3 aliphatic heterocycles. The molecule has 8 nitrogen and oxygen atoms in total. The van der Waals surface area contributed by atoms with Gasteiger partial charge in [-0.15, -0.1) is 0 Å². The molecule has 0 saturated carbocycles. The lowest BCUT2D eigenvalue weighted by Gasteiger charge is -2.26. The number of allylic oxidation sites excluding steroid dienone is 1. The Kier molecular flexibility index (Phi) is 5.17. The molecule has 31 heavy (non-hydrogen) atoms. The Bertz CT molecular complexity index is 1060. The molecule has 0 aliphatic carbocycles. The van der Waals surface area contributed by atoms with Crippen molar-refractivity contribution in [2.24, 2.45) is 10.1 Å². The van der Waals surface area contributed by atoms with E-state index in [9.17, 15) is 18.0 Å². The molecule has 0 radical (unpaired) electrons. The fourth-order valence-electron chi connectivity index (χ4n) is 3.31. The molecule has 0 saturated heterocycles. The second kappa shape index (κ2) is 7.82. The highest BCUT2D eigenvalue weighted by Crippen LogP contribution is 2.33. The number of ether oxygens (including phenoxy) is 1. The number of aliphatic imine (C=N–C) groups is 1. The summed E-state index contributed by atoms with van der Waals surface area (Å²) >= 11 is 0. The van der Waals surface area contributed by atoms with Crippen LogP contribution in [0.1, 0.15) is 18.1 Å². The topological polar surface area (TPSA) is 90.3 Å². The first-order chi connectivity index (χ1) is 14.8. The van der Waals surface area contributed by atoms with Crippen molar-refractivity contribution in [2.45, 2.75) is 25.3 Å². The molecule has 0 fully saturated rings. The van der Waals surface area contributed by atoms with E-state index in [1.165, 1.54) is 42.6 Å². The van der Waals surface area contributed by atoms with Crippen LogP contribution in [0.15, 0.2) is 70.4 Å². The number of guanidine groups is 1. The van der Waals surface area contributed by atoms with E-state index < -0.39 is 23.8 Å². The summed E-state index contributed by atoms with van der Waals surface area (Å²) < 4.78 is 45.4. The molecule has 1 aromatic rings. The van der Waals surface area contributed by atoms with Crippen molar-refractivity contribution in [2.75, 3.05) is 7.11 Å². The van der Waals surface area contributed by atoms with E-state index in [0.29, 0.717) is 5.88 Å². The van der Waals surface area contributed by atoms with Crippen LogP contribution in [-0.4, -0.2) is 41.9 Å². The molecule has 11 heteroatoms. The molecule has 0 aromatic heterocycles. The maximum atomic E-state index is 13.4. The van der Waals surface area contributed by atoms with Crippen molar-refractivity contribution in [3.8, 4) is 0 Å². The van der Waals surface area contributed by atoms with Gasteiger partial charge in [-0.25, -0.2) is 10.0 Å². The summed E-state index contributed by atoms with van der Waals surface area (Å²) in [6.45, 7) is 1.82. The maximum Gasteiger partial charge on any atom is 0.417 e. The highest BCUT2D eigenvalue weighted by atomic mass is 19.4. The smallest absolute Gasteiger partial charge is 0.417 e. The first-order valence-electron chi connectivity index (χ1n) is 9.37. The van der Waals surface area contributed by atoms with Gasteiger partial charge in [0.25, 0.3) is 5.91 Å². The number of nitrogens with one attached hydrogen (secondary N) is 3. The normalized spacial score (nSPS) is 22.3. The van der Waals surface area contributed by atoms with Crippen LogP contribution in [0.5, 0.6) is 0 Å². The third-order valence-corrected chi connectivity index (χ3v) is 4.71. The van der Waals surface area contributed by atoms with E-state index in [2.05, 4.69) is 26.0 Å². The molecule has 3 aliphatic rings. The largest absolute Gasteiger partial charge is 0.482 e. The second-order valence-electron chi connectivity index (χ2n) is 6.91. The summed E-state index contributed by atoms with van der Waals surface area (Å²) in [5.74, 6) is 0.104. The first kappa shape index (κ1) is 20.5. The molecule has 4 rings (SSSR count). The number of carbonyl (C=O) groups excluding carboxylic acids is 1. The predicted molar refractivity (Wildman–Crippen MR) is 107 cm³/mol. The van der Waals surface area contributed by atoms with Crippen LogP contribution in [0.3, 0.4) is 0 Å². The van der Waals surface area contributed by atoms with Crippen LogP contribution in [-0.2, 0) is 15.7 Å². The third-order valence-electron chi connectivity index (χ3n) is 4.71. The van der Waals surface area contributed by atoms with Gasteiger partial charge >= 0.3 is 6.18 Å². The van der Waals surface area contributed by atoms with E-state index in [1.54, 1.807) is 12.2 Å². The lowest BCUT2D eigenvalue weighted by Crippen LogP contribution is -2.46. The molecule has 2 atom stereocenters. The lowest BCUT2D eigenvalue weighted by molar-refractivity contribution is -0.137. The number of alkyl halides is 3. The number of hydrogen-bond acceptors (Lipinski definition) is 7. The molecule has 3 N–H and O–H groups in total. The van der Waals surface area contributed by atoms with E-state index in [1.807, 2.05) is 6.92 Å². The fourth-order valence-corrected chi connectivity index (χ4v) is 3.31. The zero-order chi connectivity index (χ0) is 22.2. The van der Waals surface area contributed by atoms with E-state index >= 15 is 0 Å². The van der Waals surface area contributed by atoms with Crippen molar-refractivity contribution < 1.29 is 22.7 Å². The van der Waals surface area contributed by atoms with Crippen molar-refractivity contribution in [3.05, 3.63) is 71.4 Å². The Hall–Kier alpha value is -3.76. The number of benzene rings is 1. The first-order valence-corrected chi connectivity index (χ1v) is 9.37. The number of rotatable bonds is 3. The highest BCUT2D eigenvalue weighted by Gasteiger charge is 2.36. The lowest BCUT2D eigenvalue weighted by atomic mass is 10.0.